The summed E-state index contributed by atoms with van der Waals surface area (Å²) in [5, 5.41) is 5.57. The molecule has 1 aromatic rings. The van der Waals surface area contributed by atoms with E-state index in [1.807, 2.05) is 12.1 Å². The van der Waals surface area contributed by atoms with Gasteiger partial charge in [-0.1, -0.05) is 25.7 Å². The first-order chi connectivity index (χ1) is 8.40. The van der Waals surface area contributed by atoms with Crippen molar-refractivity contribution in [2.24, 2.45) is 0 Å². The van der Waals surface area contributed by atoms with Crippen LogP contribution in [0.15, 0.2) is 24.3 Å². The van der Waals surface area contributed by atoms with Crippen LogP contribution >= 0.6 is 11.2 Å². The predicted molar refractivity (Wildman–Crippen MR) is 80.3 cm³/mol. The predicted octanol–water partition coefficient (Wildman–Crippen LogP) is 3.16. The van der Waals surface area contributed by atoms with Crippen LogP contribution in [0.5, 0.6) is 5.75 Å². The second-order valence-electron chi connectivity index (χ2n) is 4.63. The van der Waals surface area contributed by atoms with Crippen molar-refractivity contribution in [2.45, 2.75) is 19.6 Å². The van der Waals surface area contributed by atoms with E-state index in [0.29, 0.717) is 11.4 Å². The molecule has 0 heterocycles. The number of hydrogen-bond acceptors (Lipinski definition) is 3. The Morgan fingerprint density at radius 1 is 1.39 bits per heavy atom. The number of nitrogens with one attached hydrogen (secondary N) is 1. The summed E-state index contributed by atoms with van der Waals surface area (Å²) in [7, 11) is 0.301. The maximum atomic E-state index is 11.6. The van der Waals surface area contributed by atoms with Crippen LogP contribution in [0.1, 0.15) is 0 Å². The Hall–Kier alpha value is -1.38. The van der Waals surface area contributed by atoms with Gasteiger partial charge in [-0.15, -0.1) is 11.2 Å². The molecule has 0 aromatic heterocycles. The van der Waals surface area contributed by atoms with Crippen molar-refractivity contribution in [1.82, 2.24) is 0 Å². The second kappa shape index (κ2) is 6.52. The minimum atomic E-state index is -1.29. The molecular formula is C13H17NO2SSi. The van der Waals surface area contributed by atoms with Crippen LogP contribution in [0.2, 0.25) is 19.6 Å². The zero-order valence-electron chi connectivity index (χ0n) is 11.0. The molecule has 1 rings (SSSR count). The van der Waals surface area contributed by atoms with Crippen molar-refractivity contribution in [2.75, 3.05) is 12.4 Å². The number of hydrogen-bond donors (Lipinski definition) is 1. The van der Waals surface area contributed by atoms with Crippen molar-refractivity contribution in [3.63, 3.8) is 0 Å². The summed E-state index contributed by atoms with van der Waals surface area (Å²) in [6.07, 6.45) is 0. The third-order valence-corrected chi connectivity index (χ3v) is 4.81. The third kappa shape index (κ3) is 5.80. The van der Waals surface area contributed by atoms with Gasteiger partial charge in [0.25, 0.3) is 0 Å². The molecule has 5 heteroatoms. The molecule has 1 amide bonds. The molecule has 1 aromatic carbocycles. The average Bonchev–Trinajstić information content (AvgIpc) is 2.27. The first kappa shape index (κ1) is 14.7. The van der Waals surface area contributed by atoms with Crippen molar-refractivity contribution < 1.29 is 9.53 Å². The molecule has 0 spiro atoms. The number of carbonyl (C=O) groups excluding carboxylic acids is 1. The quantitative estimate of drug-likeness (QED) is 0.682. The van der Waals surface area contributed by atoms with Crippen LogP contribution in [-0.2, 0) is 4.79 Å². The summed E-state index contributed by atoms with van der Waals surface area (Å²) < 4.78 is 5.08. The molecule has 0 aliphatic carbocycles. The normalized spacial score (nSPS) is 10.2. The zero-order chi connectivity index (χ0) is 13.6. The lowest BCUT2D eigenvalue weighted by Crippen LogP contribution is -2.13. The first-order valence-corrected chi connectivity index (χ1v) is 10.6. The fraction of sp³-hybridized carbons (Fsp3) is 0.308. The van der Waals surface area contributed by atoms with Crippen LogP contribution in [0.4, 0.5) is 5.69 Å². The van der Waals surface area contributed by atoms with Gasteiger partial charge in [0.2, 0.25) is 0 Å². The van der Waals surface area contributed by atoms with E-state index >= 15 is 0 Å². The fourth-order valence-corrected chi connectivity index (χ4v) is 2.61. The van der Waals surface area contributed by atoms with E-state index < -0.39 is 7.22 Å². The number of ether oxygens (including phenoxy) is 1. The lowest BCUT2D eigenvalue weighted by atomic mass is 10.3. The highest BCUT2D eigenvalue weighted by Gasteiger charge is 2.11. The summed E-state index contributed by atoms with van der Waals surface area (Å²) in [5.74, 6) is 2.99. The monoisotopic (exact) mass is 279 g/mol. The van der Waals surface area contributed by atoms with Gasteiger partial charge in [0.15, 0.2) is 0 Å². The van der Waals surface area contributed by atoms with E-state index in [4.69, 9.17) is 4.74 Å². The molecule has 0 radical (unpaired) electrons. The smallest absolute Gasteiger partial charge is 0.301 e. The van der Waals surface area contributed by atoms with E-state index in [2.05, 4.69) is 36.1 Å². The third-order valence-electron chi connectivity index (χ3n) is 1.85. The first-order valence-electron chi connectivity index (χ1n) is 5.55. The maximum Gasteiger partial charge on any atom is 0.301 e. The van der Waals surface area contributed by atoms with Gasteiger partial charge in [-0.05, 0) is 17.4 Å². The van der Waals surface area contributed by atoms with Crippen molar-refractivity contribution >= 4 is 30.0 Å². The van der Waals surface area contributed by atoms with Crippen LogP contribution in [0.3, 0.4) is 0 Å². The van der Waals surface area contributed by atoms with Crippen molar-refractivity contribution in [3.05, 3.63) is 24.3 Å². The minimum absolute atomic E-state index is 0.297. The van der Waals surface area contributed by atoms with Gasteiger partial charge in [0.1, 0.15) is 13.0 Å². The Balaban J connectivity index is 2.59. The van der Waals surface area contributed by atoms with E-state index in [9.17, 15) is 4.79 Å². The molecule has 0 aliphatic rings. The molecule has 1 N–H and O–H groups in total. The van der Waals surface area contributed by atoms with E-state index in [0.717, 1.165) is 0 Å². The molecule has 96 valence electrons. The molecule has 0 atom stereocenters. The highest BCUT2D eigenvalue weighted by atomic mass is 32.4. The second-order valence-corrected chi connectivity index (χ2v) is 13.5. The molecule has 0 saturated heterocycles. The fourth-order valence-electron chi connectivity index (χ4n) is 1.09. The standard InChI is InChI=1S/C13H17NO2SSi/c1-16-12-7-5-6-11(10-12)14-13(15)8-9-17-18(2,3)4/h5-7,10H,1-4H3,(H,14,15). The van der Waals surface area contributed by atoms with Gasteiger partial charge in [0.05, 0.1) is 7.11 Å². The van der Waals surface area contributed by atoms with Gasteiger partial charge in [-0.3, -0.25) is 4.79 Å². The lowest BCUT2D eigenvalue weighted by Gasteiger charge is -2.08. The number of anilines is 1. The highest BCUT2D eigenvalue weighted by molar-refractivity contribution is 8.32. The average molecular weight is 279 g/mol. The molecule has 0 saturated carbocycles. The van der Waals surface area contributed by atoms with Crippen molar-refractivity contribution in [3.8, 4) is 16.9 Å². The van der Waals surface area contributed by atoms with Gasteiger partial charge < -0.3 is 10.1 Å². The largest absolute Gasteiger partial charge is 0.497 e. The summed E-state index contributed by atoms with van der Waals surface area (Å²) in [5.41, 5.74) is 0.687. The van der Waals surface area contributed by atoms with Gasteiger partial charge in [0, 0.05) is 17.7 Å². The Morgan fingerprint density at radius 3 is 2.72 bits per heavy atom. The minimum Gasteiger partial charge on any atom is -0.497 e. The molecule has 0 fully saturated rings. The highest BCUT2D eigenvalue weighted by Crippen LogP contribution is 2.18. The van der Waals surface area contributed by atoms with Crippen LogP contribution in [0, 0.1) is 11.2 Å². The number of methoxy groups -OCH3 is 1. The molecule has 18 heavy (non-hydrogen) atoms. The van der Waals surface area contributed by atoms with E-state index in [1.165, 1.54) is 0 Å². The Labute approximate surface area is 113 Å². The SMILES string of the molecule is COc1cccc(NC(=O)C#CS[Si](C)(C)C)c1. The molecule has 3 nitrogen and oxygen atoms in total. The summed E-state index contributed by atoms with van der Waals surface area (Å²) in [6.45, 7) is 6.56. The summed E-state index contributed by atoms with van der Waals surface area (Å²) in [6, 6.07) is 7.19. The van der Waals surface area contributed by atoms with E-state index in [-0.39, 0.29) is 5.91 Å². The van der Waals surface area contributed by atoms with Gasteiger partial charge >= 0.3 is 5.91 Å². The van der Waals surface area contributed by atoms with Crippen LogP contribution in [0.25, 0.3) is 0 Å². The number of benzene rings is 1. The molecule has 0 bridgehead atoms. The van der Waals surface area contributed by atoms with Crippen molar-refractivity contribution in [1.29, 1.82) is 0 Å². The van der Waals surface area contributed by atoms with Gasteiger partial charge in [-0.25, -0.2) is 0 Å². The topological polar surface area (TPSA) is 38.3 Å². The molecule has 0 aliphatic heterocycles. The molecular weight excluding hydrogens is 262 g/mol. The van der Waals surface area contributed by atoms with Crippen LogP contribution < -0.4 is 10.1 Å². The Morgan fingerprint density at radius 2 is 2.11 bits per heavy atom. The Kier molecular flexibility index (Phi) is 5.32. The number of carbonyl (C=O) groups is 1. The zero-order valence-corrected chi connectivity index (χ0v) is 12.9. The molecule has 0 unspecified atom stereocenters. The number of rotatable bonds is 3. The Bertz CT molecular complexity index is 486. The maximum absolute atomic E-state index is 11.6. The lowest BCUT2D eigenvalue weighted by molar-refractivity contribution is -0.111. The summed E-state index contributed by atoms with van der Waals surface area (Å²) >= 11 is 1.57. The number of amides is 1. The van der Waals surface area contributed by atoms with Crippen LogP contribution in [-0.4, -0.2) is 20.2 Å². The van der Waals surface area contributed by atoms with E-state index in [1.54, 1.807) is 30.5 Å². The van der Waals surface area contributed by atoms with Gasteiger partial charge in [-0.2, -0.15) is 0 Å². The summed E-state index contributed by atoms with van der Waals surface area (Å²) in [4.78, 5) is 11.6.